The van der Waals surface area contributed by atoms with Gasteiger partial charge < -0.3 is 35.5 Å². The zero-order valence-corrected chi connectivity index (χ0v) is 17.2. The molecule has 0 rings (SSSR count). The number of hydrogen-bond donors (Lipinski definition) is 6. The van der Waals surface area contributed by atoms with Crippen molar-refractivity contribution in [3.63, 3.8) is 0 Å². The number of carbonyl (C=O) groups is 1. The van der Waals surface area contributed by atoms with E-state index in [1.807, 2.05) is 0 Å². The Labute approximate surface area is 168 Å². The molecule has 0 saturated carbocycles. The van der Waals surface area contributed by atoms with Crippen LogP contribution in [-0.4, -0.2) is 92.2 Å². The van der Waals surface area contributed by atoms with Crippen molar-refractivity contribution in [2.75, 3.05) is 26.3 Å². The third-order valence-corrected chi connectivity index (χ3v) is 4.97. The average Bonchev–Trinajstić information content (AvgIpc) is 2.71. The maximum atomic E-state index is 12.3. The van der Waals surface area contributed by atoms with Crippen LogP contribution < -0.4 is 0 Å². The number of rotatable bonds is 18. The van der Waals surface area contributed by atoms with E-state index < -0.39 is 36.9 Å². The van der Waals surface area contributed by atoms with E-state index in [0.717, 1.165) is 19.3 Å². The summed E-state index contributed by atoms with van der Waals surface area (Å²) in [5.41, 5.74) is 0. The number of aliphatic hydroxyl groups is 6. The van der Waals surface area contributed by atoms with Crippen LogP contribution in [0.3, 0.4) is 0 Å². The molecule has 8 nitrogen and oxygen atoms in total. The highest BCUT2D eigenvalue weighted by Gasteiger charge is 2.36. The number of hydrogen-bond acceptors (Lipinski definition) is 7. The summed E-state index contributed by atoms with van der Waals surface area (Å²) in [6, 6.07) is 0. The molecule has 28 heavy (non-hydrogen) atoms. The van der Waals surface area contributed by atoms with Gasteiger partial charge in [-0.2, -0.15) is 0 Å². The van der Waals surface area contributed by atoms with Gasteiger partial charge in [-0.3, -0.25) is 4.79 Å². The lowest BCUT2D eigenvalue weighted by molar-refractivity contribution is -0.158. The molecule has 0 heterocycles. The summed E-state index contributed by atoms with van der Waals surface area (Å²) in [4.78, 5) is 13.6. The van der Waals surface area contributed by atoms with E-state index in [2.05, 4.69) is 6.92 Å². The third-order valence-electron chi connectivity index (χ3n) is 4.97. The fourth-order valence-corrected chi connectivity index (χ4v) is 3.10. The van der Waals surface area contributed by atoms with Gasteiger partial charge >= 0.3 is 0 Å². The van der Waals surface area contributed by atoms with Crippen LogP contribution in [0.25, 0.3) is 0 Å². The molecule has 0 aromatic heterocycles. The second-order valence-electron chi connectivity index (χ2n) is 7.41. The fraction of sp³-hybridized carbons (Fsp3) is 0.950. The second-order valence-corrected chi connectivity index (χ2v) is 7.41. The van der Waals surface area contributed by atoms with E-state index >= 15 is 0 Å². The summed E-state index contributed by atoms with van der Waals surface area (Å²) in [7, 11) is 0. The van der Waals surface area contributed by atoms with Crippen LogP contribution in [-0.2, 0) is 4.79 Å². The van der Waals surface area contributed by atoms with E-state index in [9.17, 15) is 25.2 Å². The minimum absolute atomic E-state index is 0.0126. The van der Waals surface area contributed by atoms with Gasteiger partial charge in [0.1, 0.15) is 18.3 Å². The van der Waals surface area contributed by atoms with E-state index in [-0.39, 0.29) is 13.2 Å². The summed E-state index contributed by atoms with van der Waals surface area (Å²) in [6.07, 6.45) is 4.05. The van der Waals surface area contributed by atoms with E-state index in [1.54, 1.807) is 0 Å². The molecule has 0 saturated heterocycles. The highest BCUT2D eigenvalue weighted by molar-refractivity contribution is 5.81. The molecule has 168 valence electrons. The molecule has 0 aliphatic heterocycles. The van der Waals surface area contributed by atoms with E-state index in [4.69, 9.17) is 10.2 Å². The van der Waals surface area contributed by atoms with Crippen LogP contribution in [0.2, 0.25) is 0 Å². The summed E-state index contributed by atoms with van der Waals surface area (Å²) in [6.45, 7) is 1.45. The standard InChI is InChI=1S/C20H41NO7/c1-2-3-4-5-6-7-8-9-10-11-12-21(13-14-22)20(28)19(27)18(26)17(25)16(24)15-23/h16-19,22-27H,2-15H2,1H3. The Balaban J connectivity index is 4.20. The van der Waals surface area contributed by atoms with E-state index in [1.165, 1.54) is 43.4 Å². The van der Waals surface area contributed by atoms with E-state index in [0.29, 0.717) is 13.0 Å². The first kappa shape index (κ1) is 27.2. The normalized spacial score (nSPS) is 15.8. The first-order chi connectivity index (χ1) is 13.4. The third kappa shape index (κ3) is 11.3. The van der Waals surface area contributed by atoms with Gasteiger partial charge in [0, 0.05) is 13.1 Å². The summed E-state index contributed by atoms with van der Waals surface area (Å²) < 4.78 is 0. The lowest BCUT2D eigenvalue weighted by Crippen LogP contribution is -2.53. The van der Waals surface area contributed by atoms with Crippen LogP contribution in [0, 0.1) is 0 Å². The lowest BCUT2D eigenvalue weighted by Gasteiger charge is -2.29. The summed E-state index contributed by atoms with van der Waals surface area (Å²) in [5.74, 6) is -0.818. The Hall–Kier alpha value is -0.770. The van der Waals surface area contributed by atoms with Gasteiger partial charge in [0.2, 0.25) is 0 Å². The fourth-order valence-electron chi connectivity index (χ4n) is 3.10. The highest BCUT2D eigenvalue weighted by Crippen LogP contribution is 2.12. The molecule has 0 aliphatic carbocycles. The number of nitrogens with zero attached hydrogens (tertiary/aromatic N) is 1. The monoisotopic (exact) mass is 407 g/mol. The Morgan fingerprint density at radius 2 is 1.25 bits per heavy atom. The minimum Gasteiger partial charge on any atom is -0.395 e. The SMILES string of the molecule is CCCCCCCCCCCCN(CCO)C(=O)C(O)C(O)C(O)C(O)CO. The molecule has 4 atom stereocenters. The Morgan fingerprint density at radius 1 is 0.750 bits per heavy atom. The predicted octanol–water partition coefficient (Wildman–Crippen LogP) is 0.164. The maximum Gasteiger partial charge on any atom is 0.254 e. The van der Waals surface area contributed by atoms with Gasteiger partial charge in [-0.25, -0.2) is 0 Å². The molecule has 0 aromatic carbocycles. The zero-order valence-electron chi connectivity index (χ0n) is 17.2. The molecule has 1 amide bonds. The topological polar surface area (TPSA) is 142 Å². The maximum absolute atomic E-state index is 12.3. The molecule has 0 fully saturated rings. The van der Waals surface area contributed by atoms with Crippen molar-refractivity contribution in [2.45, 2.75) is 95.5 Å². The lowest BCUT2D eigenvalue weighted by atomic mass is 10.0. The largest absolute Gasteiger partial charge is 0.395 e. The van der Waals surface area contributed by atoms with Crippen molar-refractivity contribution in [3.8, 4) is 0 Å². The second kappa shape index (κ2) is 17.1. The van der Waals surface area contributed by atoms with Crippen LogP contribution in [0.4, 0.5) is 0 Å². The van der Waals surface area contributed by atoms with Crippen LogP contribution in [0.5, 0.6) is 0 Å². The molecule has 0 radical (unpaired) electrons. The predicted molar refractivity (Wildman–Crippen MR) is 107 cm³/mol. The number of unbranched alkanes of at least 4 members (excludes halogenated alkanes) is 9. The van der Waals surface area contributed by atoms with Crippen molar-refractivity contribution < 1.29 is 35.4 Å². The van der Waals surface area contributed by atoms with Crippen molar-refractivity contribution in [2.24, 2.45) is 0 Å². The van der Waals surface area contributed by atoms with Crippen molar-refractivity contribution in [3.05, 3.63) is 0 Å². The molecular weight excluding hydrogens is 366 g/mol. The molecule has 0 aromatic rings. The van der Waals surface area contributed by atoms with Gasteiger partial charge in [-0.1, -0.05) is 64.7 Å². The number of carbonyl (C=O) groups excluding carboxylic acids is 1. The van der Waals surface area contributed by atoms with Crippen molar-refractivity contribution >= 4 is 5.91 Å². The Kier molecular flexibility index (Phi) is 16.6. The number of amides is 1. The zero-order chi connectivity index (χ0) is 21.4. The molecule has 8 heteroatoms. The Morgan fingerprint density at radius 3 is 1.71 bits per heavy atom. The molecule has 0 spiro atoms. The van der Waals surface area contributed by atoms with Gasteiger partial charge in [-0.15, -0.1) is 0 Å². The van der Waals surface area contributed by atoms with Gasteiger partial charge in [-0.05, 0) is 6.42 Å². The first-order valence-electron chi connectivity index (χ1n) is 10.6. The molecule has 0 bridgehead atoms. The number of aliphatic hydroxyl groups excluding tert-OH is 6. The van der Waals surface area contributed by atoms with Crippen molar-refractivity contribution in [1.29, 1.82) is 0 Å². The van der Waals surface area contributed by atoms with Gasteiger partial charge in [0.25, 0.3) is 5.91 Å². The van der Waals surface area contributed by atoms with Crippen molar-refractivity contribution in [1.82, 2.24) is 4.90 Å². The molecule has 6 N–H and O–H groups in total. The quantitative estimate of drug-likeness (QED) is 0.178. The molecular formula is C20H41NO7. The minimum atomic E-state index is -1.94. The summed E-state index contributed by atoms with van der Waals surface area (Å²) in [5, 5.41) is 56.7. The molecule has 0 aliphatic rings. The highest BCUT2D eigenvalue weighted by atomic mass is 16.4. The molecule has 4 unspecified atom stereocenters. The van der Waals surface area contributed by atoms with Crippen LogP contribution in [0.1, 0.15) is 71.1 Å². The smallest absolute Gasteiger partial charge is 0.254 e. The summed E-state index contributed by atoms with van der Waals surface area (Å²) >= 11 is 0. The van der Waals surface area contributed by atoms with Crippen LogP contribution in [0.15, 0.2) is 0 Å². The first-order valence-corrected chi connectivity index (χ1v) is 10.6. The Bertz CT molecular complexity index is 384. The average molecular weight is 408 g/mol. The van der Waals surface area contributed by atoms with Gasteiger partial charge in [0.05, 0.1) is 13.2 Å². The van der Waals surface area contributed by atoms with Crippen LogP contribution >= 0.6 is 0 Å². The van der Waals surface area contributed by atoms with Gasteiger partial charge in [0.15, 0.2) is 6.10 Å².